The summed E-state index contributed by atoms with van der Waals surface area (Å²) in [5.41, 5.74) is 0.832. The molecule has 3 fully saturated rings. The number of rotatable bonds is 6. The molecule has 3 aliphatic rings. The number of piperazine rings is 1. The van der Waals surface area contributed by atoms with Gasteiger partial charge in [-0.05, 0) is 50.3 Å². The number of methoxy groups -OCH3 is 1. The summed E-state index contributed by atoms with van der Waals surface area (Å²) in [6.07, 6.45) is 14.6. The first-order chi connectivity index (χ1) is 16.6. The molecule has 2 amide bonds. The van der Waals surface area contributed by atoms with Crippen LogP contribution in [0.25, 0.3) is 0 Å². The van der Waals surface area contributed by atoms with E-state index in [9.17, 15) is 9.59 Å². The average molecular weight is 471 g/mol. The van der Waals surface area contributed by atoms with Crippen LogP contribution in [0.15, 0.2) is 18.2 Å². The minimum atomic E-state index is -0.585. The smallest absolute Gasteiger partial charge is 0.250 e. The molecule has 6 nitrogen and oxygen atoms in total. The third kappa shape index (κ3) is 5.52. The van der Waals surface area contributed by atoms with Gasteiger partial charge in [-0.2, -0.15) is 0 Å². The highest BCUT2D eigenvalue weighted by Crippen LogP contribution is 2.39. The first-order valence-electron chi connectivity index (χ1n) is 13.6. The minimum absolute atomic E-state index is 0.0831. The molecule has 1 atom stereocenters. The molecule has 1 heterocycles. The van der Waals surface area contributed by atoms with Crippen molar-refractivity contribution in [1.82, 2.24) is 9.80 Å². The highest BCUT2D eigenvalue weighted by Gasteiger charge is 2.45. The minimum Gasteiger partial charge on any atom is -0.493 e. The van der Waals surface area contributed by atoms with Crippen LogP contribution in [0.1, 0.15) is 102 Å². The van der Waals surface area contributed by atoms with Crippen LogP contribution >= 0.6 is 0 Å². The molecule has 0 N–H and O–H groups in total. The molecule has 1 aromatic rings. The highest BCUT2D eigenvalue weighted by atomic mass is 16.5. The molecule has 1 saturated heterocycles. The van der Waals surface area contributed by atoms with Crippen molar-refractivity contribution in [2.45, 2.75) is 109 Å². The third-order valence-electron chi connectivity index (χ3n) is 7.93. The number of hydrogen-bond donors (Lipinski definition) is 0. The maximum atomic E-state index is 14.2. The Labute approximate surface area is 205 Å². The van der Waals surface area contributed by atoms with E-state index in [4.69, 9.17) is 9.47 Å². The first-order valence-corrected chi connectivity index (χ1v) is 13.6. The lowest BCUT2D eigenvalue weighted by atomic mass is 9.90. The summed E-state index contributed by atoms with van der Waals surface area (Å²) in [7, 11) is 1.62. The summed E-state index contributed by atoms with van der Waals surface area (Å²) >= 11 is 0. The number of carbonyl (C=O) groups excluding carboxylic acids is 2. The Hall–Kier alpha value is -2.24. The molecule has 1 aliphatic heterocycles. The fraction of sp³-hybridized carbons (Fsp3) is 0.714. The topological polar surface area (TPSA) is 59.1 Å². The second-order valence-corrected chi connectivity index (χ2v) is 10.2. The van der Waals surface area contributed by atoms with Gasteiger partial charge in [-0.15, -0.1) is 0 Å². The average Bonchev–Trinajstić information content (AvgIpc) is 3.10. The van der Waals surface area contributed by atoms with Crippen LogP contribution in [-0.4, -0.2) is 54.0 Å². The molecule has 0 bridgehead atoms. The molecule has 0 aromatic heterocycles. The van der Waals surface area contributed by atoms with E-state index in [1.54, 1.807) is 7.11 Å². The largest absolute Gasteiger partial charge is 0.493 e. The van der Waals surface area contributed by atoms with Crippen molar-refractivity contribution in [3.63, 3.8) is 0 Å². The Morgan fingerprint density at radius 1 is 0.824 bits per heavy atom. The lowest BCUT2D eigenvalue weighted by Crippen LogP contribution is -2.60. The summed E-state index contributed by atoms with van der Waals surface area (Å²) in [5, 5.41) is 0. The SMILES string of the molecule is CCOc1ccc(C2C(=O)N(C3CCCCCC3)CC(=O)N2C2CCCCCCC2)cc1OC. The number of benzene rings is 1. The Morgan fingerprint density at radius 3 is 2.00 bits per heavy atom. The fourth-order valence-electron chi connectivity index (χ4n) is 6.16. The lowest BCUT2D eigenvalue weighted by molar-refractivity contribution is -0.162. The van der Waals surface area contributed by atoms with Gasteiger partial charge in [-0.25, -0.2) is 0 Å². The van der Waals surface area contributed by atoms with E-state index in [0.29, 0.717) is 18.1 Å². The number of ether oxygens (including phenoxy) is 2. The quantitative estimate of drug-likeness (QED) is 0.505. The summed E-state index contributed by atoms with van der Waals surface area (Å²) in [6, 6.07) is 5.46. The molecule has 0 radical (unpaired) electrons. The van der Waals surface area contributed by atoms with Crippen molar-refractivity contribution in [1.29, 1.82) is 0 Å². The number of nitrogens with zero attached hydrogens (tertiary/aromatic N) is 2. The van der Waals surface area contributed by atoms with E-state index in [1.807, 2.05) is 34.9 Å². The number of amides is 2. The van der Waals surface area contributed by atoms with Gasteiger partial charge in [0.15, 0.2) is 11.5 Å². The van der Waals surface area contributed by atoms with Gasteiger partial charge in [0.1, 0.15) is 12.6 Å². The normalized spacial score (nSPS) is 23.9. The van der Waals surface area contributed by atoms with Crippen LogP contribution in [0.4, 0.5) is 0 Å². The van der Waals surface area contributed by atoms with E-state index in [2.05, 4.69) is 0 Å². The van der Waals surface area contributed by atoms with Crippen LogP contribution in [-0.2, 0) is 9.59 Å². The van der Waals surface area contributed by atoms with E-state index in [0.717, 1.165) is 56.9 Å². The maximum Gasteiger partial charge on any atom is 0.250 e. The summed E-state index contributed by atoms with van der Waals surface area (Å²) in [6.45, 7) is 2.71. The molecule has 34 heavy (non-hydrogen) atoms. The molecule has 6 heteroatoms. The molecule has 1 unspecified atom stereocenters. The molecule has 2 aliphatic carbocycles. The van der Waals surface area contributed by atoms with Crippen molar-refractivity contribution in [3.05, 3.63) is 23.8 Å². The summed E-state index contributed by atoms with van der Waals surface area (Å²) < 4.78 is 11.3. The van der Waals surface area contributed by atoms with Crippen molar-refractivity contribution < 1.29 is 19.1 Å². The Balaban J connectivity index is 1.70. The van der Waals surface area contributed by atoms with Crippen molar-refractivity contribution in [2.24, 2.45) is 0 Å². The van der Waals surface area contributed by atoms with Gasteiger partial charge in [-0.3, -0.25) is 9.59 Å². The predicted molar refractivity (Wildman–Crippen MR) is 133 cm³/mol. The van der Waals surface area contributed by atoms with Gasteiger partial charge >= 0.3 is 0 Å². The maximum absolute atomic E-state index is 14.2. The molecule has 1 aromatic carbocycles. The Bertz CT molecular complexity index is 826. The fourth-order valence-corrected chi connectivity index (χ4v) is 6.16. The Morgan fingerprint density at radius 2 is 1.41 bits per heavy atom. The van der Waals surface area contributed by atoms with E-state index in [-0.39, 0.29) is 30.4 Å². The van der Waals surface area contributed by atoms with Crippen LogP contribution in [0.5, 0.6) is 11.5 Å². The predicted octanol–water partition coefficient (Wildman–Crippen LogP) is 5.64. The highest BCUT2D eigenvalue weighted by molar-refractivity contribution is 5.96. The summed E-state index contributed by atoms with van der Waals surface area (Å²) in [5.74, 6) is 1.47. The zero-order chi connectivity index (χ0) is 23.9. The van der Waals surface area contributed by atoms with E-state index in [1.165, 1.54) is 32.1 Å². The number of carbonyl (C=O) groups is 2. The molecular weight excluding hydrogens is 428 g/mol. The molecule has 4 rings (SSSR count). The zero-order valence-electron chi connectivity index (χ0n) is 21.1. The third-order valence-corrected chi connectivity index (χ3v) is 7.93. The zero-order valence-corrected chi connectivity index (χ0v) is 21.1. The van der Waals surface area contributed by atoms with Crippen LogP contribution in [0, 0.1) is 0 Å². The van der Waals surface area contributed by atoms with Gasteiger partial charge in [0.25, 0.3) is 5.91 Å². The first kappa shape index (κ1) is 24.9. The van der Waals surface area contributed by atoms with Gasteiger partial charge in [-0.1, -0.05) is 63.9 Å². The van der Waals surface area contributed by atoms with Crippen LogP contribution in [0.3, 0.4) is 0 Å². The van der Waals surface area contributed by atoms with Gasteiger partial charge < -0.3 is 19.3 Å². The second kappa shape index (κ2) is 11.9. The van der Waals surface area contributed by atoms with Crippen LogP contribution < -0.4 is 9.47 Å². The Kier molecular flexibility index (Phi) is 8.74. The van der Waals surface area contributed by atoms with Gasteiger partial charge in [0, 0.05) is 12.1 Å². The van der Waals surface area contributed by atoms with Crippen molar-refractivity contribution >= 4 is 11.8 Å². The van der Waals surface area contributed by atoms with Crippen molar-refractivity contribution in [3.8, 4) is 11.5 Å². The summed E-state index contributed by atoms with van der Waals surface area (Å²) in [4.78, 5) is 31.8. The second-order valence-electron chi connectivity index (χ2n) is 10.2. The van der Waals surface area contributed by atoms with Gasteiger partial charge in [0.2, 0.25) is 5.91 Å². The van der Waals surface area contributed by atoms with Gasteiger partial charge in [0.05, 0.1) is 13.7 Å². The van der Waals surface area contributed by atoms with E-state index < -0.39 is 6.04 Å². The molecule has 0 spiro atoms. The lowest BCUT2D eigenvalue weighted by Gasteiger charge is -2.47. The molecular formula is C28H42N2O4. The molecule has 2 saturated carbocycles. The van der Waals surface area contributed by atoms with E-state index >= 15 is 0 Å². The van der Waals surface area contributed by atoms with Crippen molar-refractivity contribution in [2.75, 3.05) is 20.3 Å². The standard InChI is InChI=1S/C28H42N2O4/c1-3-34-24-18-17-21(19-25(24)33-2)27-28(32)29(22-13-9-7-8-10-14-22)20-26(31)30(27)23-15-11-5-4-6-12-16-23/h17-19,22-23,27H,3-16,20H2,1-2H3. The van der Waals surface area contributed by atoms with Crippen LogP contribution in [0.2, 0.25) is 0 Å². The number of hydrogen-bond acceptors (Lipinski definition) is 4. The monoisotopic (exact) mass is 470 g/mol. The molecule has 188 valence electrons.